The zero-order valence-electron chi connectivity index (χ0n) is 9.29. The van der Waals surface area contributed by atoms with Gasteiger partial charge in [0.1, 0.15) is 0 Å². The summed E-state index contributed by atoms with van der Waals surface area (Å²) >= 11 is 5.67. The van der Waals surface area contributed by atoms with Gasteiger partial charge in [0.15, 0.2) is 0 Å². The van der Waals surface area contributed by atoms with Gasteiger partial charge < -0.3 is 10.6 Å². The molecule has 0 bridgehead atoms. The maximum atomic E-state index is 5.58. The van der Waals surface area contributed by atoms with Gasteiger partial charge >= 0.3 is 0 Å². The normalized spacial score (nSPS) is 16.5. The summed E-state index contributed by atoms with van der Waals surface area (Å²) in [5.41, 5.74) is 8.21. The quantitative estimate of drug-likeness (QED) is 0.930. The molecule has 0 aromatic heterocycles. The van der Waals surface area contributed by atoms with Crippen LogP contribution >= 0.6 is 27.7 Å². The van der Waals surface area contributed by atoms with Crippen molar-refractivity contribution in [1.29, 1.82) is 0 Å². The number of hydrogen-bond acceptors (Lipinski definition) is 3. The molecule has 0 radical (unpaired) electrons. The first kappa shape index (κ1) is 12.3. The molecular weight excluding hydrogens is 284 g/mol. The van der Waals surface area contributed by atoms with E-state index >= 15 is 0 Å². The molecule has 4 heteroatoms. The summed E-state index contributed by atoms with van der Waals surface area (Å²) in [6.45, 7) is 3.03. The van der Waals surface area contributed by atoms with Crippen LogP contribution in [-0.2, 0) is 6.42 Å². The first-order valence-electron chi connectivity index (χ1n) is 5.62. The number of thioether (sulfide) groups is 1. The minimum Gasteiger partial charge on any atom is -0.370 e. The Morgan fingerprint density at radius 2 is 2.06 bits per heavy atom. The lowest BCUT2D eigenvalue weighted by Gasteiger charge is -2.28. The summed E-state index contributed by atoms with van der Waals surface area (Å²) in [5.74, 6) is 2.48. The molecule has 0 amide bonds. The maximum Gasteiger partial charge on any atom is 0.0378 e. The van der Waals surface area contributed by atoms with E-state index in [2.05, 4.69) is 39.0 Å². The van der Waals surface area contributed by atoms with E-state index in [-0.39, 0.29) is 0 Å². The summed E-state index contributed by atoms with van der Waals surface area (Å²) < 4.78 is 1.19. The summed E-state index contributed by atoms with van der Waals surface area (Å²) in [7, 11) is 0. The summed E-state index contributed by atoms with van der Waals surface area (Å²) in [4.78, 5) is 2.45. The van der Waals surface area contributed by atoms with Crippen molar-refractivity contribution in [3.63, 3.8) is 0 Å². The summed E-state index contributed by atoms with van der Waals surface area (Å²) in [6, 6.07) is 6.63. The lowest BCUT2D eigenvalue weighted by molar-refractivity contribution is 0.856. The average molecular weight is 301 g/mol. The lowest BCUT2D eigenvalue weighted by atomic mass is 10.1. The van der Waals surface area contributed by atoms with Gasteiger partial charge in [0.25, 0.3) is 0 Å². The maximum absolute atomic E-state index is 5.58. The SMILES string of the molecule is NCCc1ccc(N2CCSCC2)cc1Br. The smallest absolute Gasteiger partial charge is 0.0378 e. The second kappa shape index (κ2) is 5.94. The Kier molecular flexibility index (Phi) is 4.55. The van der Waals surface area contributed by atoms with Crippen LogP contribution in [0, 0.1) is 0 Å². The Morgan fingerprint density at radius 3 is 2.69 bits per heavy atom. The molecule has 2 rings (SSSR count). The third kappa shape index (κ3) is 2.93. The summed E-state index contributed by atoms with van der Waals surface area (Å²) in [5, 5.41) is 0. The molecule has 1 saturated heterocycles. The molecule has 1 aliphatic heterocycles. The molecule has 0 spiro atoms. The molecule has 2 nitrogen and oxygen atoms in total. The molecule has 88 valence electrons. The van der Waals surface area contributed by atoms with Gasteiger partial charge in [-0.15, -0.1) is 0 Å². The van der Waals surface area contributed by atoms with Crippen LogP contribution in [-0.4, -0.2) is 31.1 Å². The standard InChI is InChI=1S/C12H17BrN2S/c13-12-9-11(2-1-10(12)3-4-14)15-5-7-16-8-6-15/h1-2,9H,3-8,14H2. The van der Waals surface area contributed by atoms with Gasteiger partial charge in [-0.1, -0.05) is 22.0 Å². The van der Waals surface area contributed by atoms with Crippen LogP contribution in [0.25, 0.3) is 0 Å². The topological polar surface area (TPSA) is 29.3 Å². The Labute approximate surface area is 110 Å². The van der Waals surface area contributed by atoms with Crippen LogP contribution in [0.4, 0.5) is 5.69 Å². The third-order valence-electron chi connectivity index (χ3n) is 2.83. The zero-order chi connectivity index (χ0) is 11.4. The van der Waals surface area contributed by atoms with Crippen LogP contribution in [0.2, 0.25) is 0 Å². The third-order valence-corrected chi connectivity index (χ3v) is 4.51. The van der Waals surface area contributed by atoms with Crippen molar-refractivity contribution in [3.05, 3.63) is 28.2 Å². The van der Waals surface area contributed by atoms with Crippen LogP contribution in [0.1, 0.15) is 5.56 Å². The van der Waals surface area contributed by atoms with Gasteiger partial charge in [-0.3, -0.25) is 0 Å². The van der Waals surface area contributed by atoms with Crippen LogP contribution in [0.5, 0.6) is 0 Å². The minimum atomic E-state index is 0.707. The molecule has 1 fully saturated rings. The number of benzene rings is 1. The van der Waals surface area contributed by atoms with Crippen molar-refractivity contribution < 1.29 is 0 Å². The van der Waals surface area contributed by atoms with E-state index in [0.717, 1.165) is 19.5 Å². The molecule has 2 N–H and O–H groups in total. The van der Waals surface area contributed by atoms with Gasteiger partial charge in [-0.05, 0) is 30.7 Å². The van der Waals surface area contributed by atoms with Crippen molar-refractivity contribution in [2.45, 2.75) is 6.42 Å². The fraction of sp³-hybridized carbons (Fsp3) is 0.500. The predicted molar refractivity (Wildman–Crippen MR) is 76.4 cm³/mol. The predicted octanol–water partition coefficient (Wildman–Crippen LogP) is 2.50. The van der Waals surface area contributed by atoms with Gasteiger partial charge in [0.05, 0.1) is 0 Å². The average Bonchev–Trinajstić information content (AvgIpc) is 2.33. The van der Waals surface area contributed by atoms with Gasteiger partial charge in [-0.2, -0.15) is 11.8 Å². The van der Waals surface area contributed by atoms with Gasteiger partial charge in [0.2, 0.25) is 0 Å². The Bertz CT molecular complexity index is 351. The number of hydrogen-bond donors (Lipinski definition) is 1. The molecule has 1 aliphatic rings. The van der Waals surface area contributed by atoms with E-state index < -0.39 is 0 Å². The van der Waals surface area contributed by atoms with E-state index in [4.69, 9.17) is 5.73 Å². The lowest BCUT2D eigenvalue weighted by Crippen LogP contribution is -2.32. The Morgan fingerprint density at radius 1 is 1.31 bits per heavy atom. The van der Waals surface area contributed by atoms with Crippen molar-refractivity contribution in [2.24, 2.45) is 5.73 Å². The minimum absolute atomic E-state index is 0.707. The molecule has 0 unspecified atom stereocenters. The number of nitrogens with two attached hydrogens (primary N) is 1. The number of anilines is 1. The second-order valence-electron chi connectivity index (χ2n) is 3.91. The van der Waals surface area contributed by atoms with Crippen LogP contribution in [0.15, 0.2) is 22.7 Å². The Hall–Kier alpha value is -0.190. The van der Waals surface area contributed by atoms with Gasteiger partial charge in [0, 0.05) is 34.8 Å². The van der Waals surface area contributed by atoms with Crippen molar-refractivity contribution in [3.8, 4) is 0 Å². The first-order valence-corrected chi connectivity index (χ1v) is 7.57. The fourth-order valence-electron chi connectivity index (χ4n) is 1.91. The van der Waals surface area contributed by atoms with Crippen LogP contribution < -0.4 is 10.6 Å². The van der Waals surface area contributed by atoms with E-state index in [9.17, 15) is 0 Å². The zero-order valence-corrected chi connectivity index (χ0v) is 11.7. The first-order chi connectivity index (χ1) is 7.81. The van der Waals surface area contributed by atoms with E-state index in [1.165, 1.54) is 27.2 Å². The molecular formula is C12H17BrN2S. The summed E-state index contributed by atoms with van der Waals surface area (Å²) in [6.07, 6.45) is 0.941. The highest BCUT2D eigenvalue weighted by Crippen LogP contribution is 2.26. The molecule has 0 saturated carbocycles. The van der Waals surface area contributed by atoms with E-state index in [1.807, 2.05) is 11.8 Å². The Balaban J connectivity index is 2.13. The molecule has 1 heterocycles. The van der Waals surface area contributed by atoms with E-state index in [1.54, 1.807) is 0 Å². The highest BCUT2D eigenvalue weighted by molar-refractivity contribution is 9.10. The highest BCUT2D eigenvalue weighted by Gasteiger charge is 2.12. The largest absolute Gasteiger partial charge is 0.370 e. The molecule has 0 aliphatic carbocycles. The monoisotopic (exact) mass is 300 g/mol. The number of rotatable bonds is 3. The molecule has 1 aromatic carbocycles. The van der Waals surface area contributed by atoms with Crippen LogP contribution in [0.3, 0.4) is 0 Å². The fourth-order valence-corrected chi connectivity index (χ4v) is 3.38. The van der Waals surface area contributed by atoms with Gasteiger partial charge in [-0.25, -0.2) is 0 Å². The van der Waals surface area contributed by atoms with Crippen molar-refractivity contribution in [1.82, 2.24) is 0 Å². The number of halogens is 1. The second-order valence-corrected chi connectivity index (χ2v) is 5.99. The molecule has 0 atom stereocenters. The molecule has 16 heavy (non-hydrogen) atoms. The van der Waals surface area contributed by atoms with E-state index in [0.29, 0.717) is 6.54 Å². The highest BCUT2D eigenvalue weighted by atomic mass is 79.9. The number of nitrogens with zero attached hydrogens (tertiary/aromatic N) is 1. The van der Waals surface area contributed by atoms with Crippen molar-refractivity contribution >= 4 is 33.4 Å². The molecule has 1 aromatic rings. The van der Waals surface area contributed by atoms with Crippen molar-refractivity contribution in [2.75, 3.05) is 36.0 Å².